The molecule has 0 radical (unpaired) electrons. The van der Waals surface area contributed by atoms with E-state index in [4.69, 9.17) is 0 Å². The summed E-state index contributed by atoms with van der Waals surface area (Å²) in [4.78, 5) is 15.6. The van der Waals surface area contributed by atoms with Gasteiger partial charge in [-0.15, -0.1) is 0 Å². The lowest BCUT2D eigenvalue weighted by atomic mass is 10.2. The van der Waals surface area contributed by atoms with Crippen molar-refractivity contribution >= 4 is 33.4 Å². The zero-order valence-corrected chi connectivity index (χ0v) is 17.3. The molecule has 0 aliphatic rings. The van der Waals surface area contributed by atoms with Crippen LogP contribution in [0.15, 0.2) is 53.3 Å². The Morgan fingerprint density at radius 1 is 1.11 bits per heavy atom. The van der Waals surface area contributed by atoms with Crippen molar-refractivity contribution in [1.29, 1.82) is 0 Å². The molecule has 27 heavy (non-hydrogen) atoms. The smallest absolute Gasteiger partial charge is 0.225 e. The summed E-state index contributed by atoms with van der Waals surface area (Å²) in [6.07, 6.45) is 3.56. The number of hydrogen-bond donors (Lipinski definition) is 2. The Bertz CT molecular complexity index is 898. The molecule has 0 saturated heterocycles. The highest BCUT2D eigenvalue weighted by Crippen LogP contribution is 2.26. The molecule has 6 nitrogen and oxygen atoms in total. The lowest BCUT2D eigenvalue weighted by Gasteiger charge is -2.14. The molecule has 0 bridgehead atoms. The first-order valence-electron chi connectivity index (χ1n) is 8.72. The van der Waals surface area contributed by atoms with Crippen LogP contribution in [-0.2, 0) is 0 Å². The Morgan fingerprint density at radius 2 is 1.96 bits per heavy atom. The number of halogens is 1. The maximum atomic E-state index is 4.65. The maximum absolute atomic E-state index is 4.65. The van der Waals surface area contributed by atoms with Gasteiger partial charge >= 0.3 is 0 Å². The normalized spacial score (nSPS) is 10.9. The summed E-state index contributed by atoms with van der Waals surface area (Å²) in [6.45, 7) is 3.72. The average molecular weight is 427 g/mol. The van der Waals surface area contributed by atoms with Gasteiger partial charge in [-0.05, 0) is 56.9 Å². The topological polar surface area (TPSA) is 66.0 Å². The van der Waals surface area contributed by atoms with Gasteiger partial charge < -0.3 is 15.5 Å². The van der Waals surface area contributed by atoms with Crippen molar-refractivity contribution in [1.82, 2.24) is 19.9 Å². The lowest BCUT2D eigenvalue weighted by Crippen LogP contribution is -2.21. The van der Waals surface area contributed by atoms with E-state index in [1.807, 2.05) is 44.4 Å². The number of nitrogens with one attached hydrogen (secondary N) is 2. The molecule has 0 amide bonds. The summed E-state index contributed by atoms with van der Waals surface area (Å²) in [5.41, 5.74) is 3.91. The van der Waals surface area contributed by atoms with Crippen LogP contribution < -0.4 is 10.6 Å². The van der Waals surface area contributed by atoms with E-state index < -0.39 is 0 Å². The molecule has 2 aromatic heterocycles. The number of hydrogen-bond acceptors (Lipinski definition) is 6. The van der Waals surface area contributed by atoms with Crippen LogP contribution in [0.4, 0.5) is 17.5 Å². The highest BCUT2D eigenvalue weighted by Gasteiger charge is 2.09. The van der Waals surface area contributed by atoms with Gasteiger partial charge in [0.05, 0.1) is 5.69 Å². The van der Waals surface area contributed by atoms with Crippen molar-refractivity contribution < 1.29 is 0 Å². The molecule has 140 valence electrons. The van der Waals surface area contributed by atoms with Crippen molar-refractivity contribution in [2.75, 3.05) is 37.8 Å². The van der Waals surface area contributed by atoms with Crippen molar-refractivity contribution in [2.24, 2.45) is 0 Å². The molecule has 0 unspecified atom stereocenters. The van der Waals surface area contributed by atoms with Gasteiger partial charge in [-0.25, -0.2) is 4.98 Å². The molecular weight excluding hydrogens is 404 g/mol. The van der Waals surface area contributed by atoms with Crippen LogP contribution in [0.2, 0.25) is 0 Å². The third kappa shape index (κ3) is 5.48. The van der Waals surface area contributed by atoms with Gasteiger partial charge in [0, 0.05) is 47.3 Å². The molecule has 3 aromatic rings. The summed E-state index contributed by atoms with van der Waals surface area (Å²) in [5.74, 6) is 1.33. The molecule has 2 N–H and O–H groups in total. The van der Waals surface area contributed by atoms with Crippen molar-refractivity contribution in [3.63, 3.8) is 0 Å². The number of rotatable bonds is 7. The van der Waals surface area contributed by atoms with Crippen LogP contribution in [-0.4, -0.2) is 47.0 Å². The minimum absolute atomic E-state index is 0.593. The second-order valence-electron chi connectivity index (χ2n) is 6.52. The quantitative estimate of drug-likeness (QED) is 0.585. The number of nitrogens with zero attached hydrogens (tertiary/aromatic N) is 4. The Hall–Kier alpha value is -2.51. The molecule has 0 aliphatic carbocycles. The zero-order valence-electron chi connectivity index (χ0n) is 15.7. The van der Waals surface area contributed by atoms with Crippen molar-refractivity contribution in [3.8, 4) is 11.3 Å². The fourth-order valence-corrected chi connectivity index (χ4v) is 3.02. The minimum Gasteiger partial charge on any atom is -0.353 e. The Kier molecular flexibility index (Phi) is 6.36. The standard InChI is InChI=1S/C20H23BrN6/c1-14-11-16(21)6-7-17(14)24-19-12-18(15-5-4-8-22-13-15)25-20(26-19)23-9-10-27(2)3/h4-8,11-13H,9-10H2,1-3H3,(H2,23,24,25,26). The number of likely N-dealkylation sites (N-methyl/N-ethyl adjacent to an activating group) is 1. The predicted octanol–water partition coefficient (Wildman–Crippen LogP) is 4.33. The summed E-state index contributed by atoms with van der Waals surface area (Å²) >= 11 is 3.50. The maximum Gasteiger partial charge on any atom is 0.225 e. The predicted molar refractivity (Wildman–Crippen MR) is 114 cm³/mol. The van der Waals surface area contributed by atoms with Crippen LogP contribution in [0.5, 0.6) is 0 Å². The third-order valence-corrected chi connectivity index (χ3v) is 4.47. The van der Waals surface area contributed by atoms with Crippen molar-refractivity contribution in [3.05, 3.63) is 58.8 Å². The summed E-state index contributed by atoms with van der Waals surface area (Å²) in [5, 5.41) is 6.71. The van der Waals surface area contributed by atoms with Crippen LogP contribution in [0.3, 0.4) is 0 Å². The Morgan fingerprint density at radius 3 is 2.67 bits per heavy atom. The highest BCUT2D eigenvalue weighted by atomic mass is 79.9. The summed E-state index contributed by atoms with van der Waals surface area (Å²) < 4.78 is 1.05. The number of anilines is 3. The van der Waals surface area contributed by atoms with Crippen LogP contribution in [0.25, 0.3) is 11.3 Å². The van der Waals surface area contributed by atoms with Crippen LogP contribution in [0.1, 0.15) is 5.56 Å². The molecule has 0 fully saturated rings. The van der Waals surface area contributed by atoms with E-state index in [1.165, 1.54) is 0 Å². The lowest BCUT2D eigenvalue weighted by molar-refractivity contribution is 0.425. The second-order valence-corrected chi connectivity index (χ2v) is 7.43. The third-order valence-electron chi connectivity index (χ3n) is 3.98. The number of aryl methyl sites for hydroxylation is 1. The van der Waals surface area contributed by atoms with E-state index in [2.05, 4.69) is 59.4 Å². The van der Waals surface area contributed by atoms with Gasteiger partial charge in [-0.2, -0.15) is 4.98 Å². The van der Waals surface area contributed by atoms with Gasteiger partial charge in [0.15, 0.2) is 0 Å². The Labute approximate surface area is 168 Å². The fraction of sp³-hybridized carbons (Fsp3) is 0.250. The summed E-state index contributed by atoms with van der Waals surface area (Å²) in [7, 11) is 4.08. The number of aromatic nitrogens is 3. The molecule has 1 aromatic carbocycles. The first-order chi connectivity index (χ1) is 13.0. The molecule has 7 heteroatoms. The van der Waals surface area contributed by atoms with E-state index in [0.29, 0.717) is 5.95 Å². The van der Waals surface area contributed by atoms with Crippen molar-refractivity contribution in [2.45, 2.75) is 6.92 Å². The number of benzene rings is 1. The summed E-state index contributed by atoms with van der Waals surface area (Å²) in [6, 6.07) is 12.0. The monoisotopic (exact) mass is 426 g/mol. The van der Waals surface area contributed by atoms with Gasteiger partial charge in [-0.3, -0.25) is 4.98 Å². The van der Waals surface area contributed by atoms with E-state index in [1.54, 1.807) is 12.4 Å². The fourth-order valence-electron chi connectivity index (χ4n) is 2.55. The van der Waals surface area contributed by atoms with E-state index in [-0.39, 0.29) is 0 Å². The zero-order chi connectivity index (χ0) is 19.2. The largest absolute Gasteiger partial charge is 0.353 e. The Balaban J connectivity index is 1.91. The minimum atomic E-state index is 0.593. The number of pyridine rings is 1. The van der Waals surface area contributed by atoms with Gasteiger partial charge in [-0.1, -0.05) is 15.9 Å². The van der Waals surface area contributed by atoms with Gasteiger partial charge in [0.25, 0.3) is 0 Å². The molecule has 0 atom stereocenters. The first-order valence-corrected chi connectivity index (χ1v) is 9.52. The highest BCUT2D eigenvalue weighted by molar-refractivity contribution is 9.10. The average Bonchev–Trinajstić information content (AvgIpc) is 2.64. The van der Waals surface area contributed by atoms with Gasteiger partial charge in [0.2, 0.25) is 5.95 Å². The van der Waals surface area contributed by atoms with E-state index >= 15 is 0 Å². The van der Waals surface area contributed by atoms with Crippen LogP contribution >= 0.6 is 15.9 Å². The molecule has 0 spiro atoms. The van der Waals surface area contributed by atoms with Crippen LogP contribution in [0, 0.1) is 6.92 Å². The van der Waals surface area contributed by atoms with E-state index in [0.717, 1.165) is 45.9 Å². The van der Waals surface area contributed by atoms with E-state index in [9.17, 15) is 0 Å². The molecule has 2 heterocycles. The molecule has 0 aliphatic heterocycles. The van der Waals surface area contributed by atoms with Gasteiger partial charge in [0.1, 0.15) is 5.82 Å². The first kappa shape index (κ1) is 19.3. The molecule has 3 rings (SSSR count). The molecule has 0 saturated carbocycles. The second kappa shape index (κ2) is 8.92. The SMILES string of the molecule is Cc1cc(Br)ccc1Nc1cc(-c2cccnc2)nc(NCCN(C)C)n1. The molecular formula is C20H23BrN6.